The molecule has 0 radical (unpaired) electrons. The van der Waals surface area contributed by atoms with Crippen LogP contribution in [0.2, 0.25) is 0 Å². The molecule has 0 bridgehead atoms. The number of hydrogen-bond acceptors (Lipinski definition) is 5. The van der Waals surface area contributed by atoms with Crippen LogP contribution in [0.5, 0.6) is 0 Å². The van der Waals surface area contributed by atoms with Gasteiger partial charge in [-0.05, 0) is 49.6 Å². The van der Waals surface area contributed by atoms with E-state index in [1.807, 2.05) is 12.1 Å². The topological polar surface area (TPSA) is 72.7 Å². The summed E-state index contributed by atoms with van der Waals surface area (Å²) in [4.78, 5) is 16.3. The molecule has 0 aliphatic heterocycles. The first-order valence-electron chi connectivity index (χ1n) is 8.66. The second kappa shape index (κ2) is 7.48. The Morgan fingerprint density at radius 3 is 2.74 bits per heavy atom. The molecule has 4 rings (SSSR count). The maximum absolute atomic E-state index is 13.9. The highest BCUT2D eigenvalue weighted by Gasteiger charge is 2.30. The van der Waals surface area contributed by atoms with E-state index < -0.39 is 5.82 Å². The minimum atomic E-state index is -0.436. The number of benzene rings is 1. The summed E-state index contributed by atoms with van der Waals surface area (Å²) < 4.78 is 16.0. The van der Waals surface area contributed by atoms with Gasteiger partial charge in [0.15, 0.2) is 11.0 Å². The Morgan fingerprint density at radius 2 is 2.04 bits per heavy atom. The van der Waals surface area contributed by atoms with Gasteiger partial charge >= 0.3 is 0 Å². The molecule has 138 valence electrons. The molecule has 27 heavy (non-hydrogen) atoms. The second-order valence-corrected chi connectivity index (χ2v) is 7.41. The number of aromatic nitrogens is 4. The van der Waals surface area contributed by atoms with Crippen molar-refractivity contribution in [3.8, 4) is 11.4 Å². The highest BCUT2D eigenvalue weighted by atomic mass is 32.2. The van der Waals surface area contributed by atoms with E-state index in [2.05, 4.69) is 25.1 Å². The van der Waals surface area contributed by atoms with Crippen molar-refractivity contribution in [2.24, 2.45) is 0 Å². The van der Waals surface area contributed by atoms with Crippen molar-refractivity contribution >= 4 is 23.4 Å². The van der Waals surface area contributed by atoms with Crippen LogP contribution in [0.1, 0.15) is 24.4 Å². The number of aryl methyl sites for hydroxylation is 1. The van der Waals surface area contributed by atoms with Gasteiger partial charge in [0.25, 0.3) is 0 Å². The summed E-state index contributed by atoms with van der Waals surface area (Å²) in [5.41, 5.74) is 1.94. The number of hydrogen-bond donors (Lipinski definition) is 1. The number of thioether (sulfide) groups is 1. The van der Waals surface area contributed by atoms with Crippen molar-refractivity contribution in [1.82, 2.24) is 19.7 Å². The van der Waals surface area contributed by atoms with Crippen LogP contribution in [0.25, 0.3) is 11.4 Å². The van der Waals surface area contributed by atoms with Crippen molar-refractivity contribution in [2.45, 2.75) is 31.0 Å². The Kier molecular flexibility index (Phi) is 4.89. The molecule has 3 aromatic rings. The Balaban J connectivity index is 1.47. The predicted molar refractivity (Wildman–Crippen MR) is 102 cm³/mol. The molecule has 8 heteroatoms. The molecule has 1 N–H and O–H groups in total. The predicted octanol–water partition coefficient (Wildman–Crippen LogP) is 3.85. The fourth-order valence-electron chi connectivity index (χ4n) is 2.77. The number of halogens is 1. The van der Waals surface area contributed by atoms with Crippen LogP contribution in [-0.2, 0) is 4.79 Å². The minimum Gasteiger partial charge on any atom is -0.323 e. The van der Waals surface area contributed by atoms with Crippen molar-refractivity contribution in [3.63, 3.8) is 0 Å². The number of amides is 1. The third-order valence-corrected chi connectivity index (χ3v) is 5.19. The zero-order chi connectivity index (χ0) is 18.8. The third kappa shape index (κ3) is 4.00. The minimum absolute atomic E-state index is 0.133. The van der Waals surface area contributed by atoms with Crippen LogP contribution in [0.3, 0.4) is 0 Å². The summed E-state index contributed by atoms with van der Waals surface area (Å²) in [5, 5.41) is 11.9. The number of pyridine rings is 1. The molecule has 0 saturated heterocycles. The van der Waals surface area contributed by atoms with Crippen molar-refractivity contribution < 1.29 is 9.18 Å². The molecule has 1 fully saturated rings. The van der Waals surface area contributed by atoms with Gasteiger partial charge in [0, 0.05) is 24.0 Å². The first-order valence-corrected chi connectivity index (χ1v) is 9.64. The molecule has 6 nitrogen and oxygen atoms in total. The molecule has 1 amide bonds. The summed E-state index contributed by atoms with van der Waals surface area (Å²) in [7, 11) is 0. The Bertz CT molecular complexity index is 971. The fraction of sp³-hybridized carbons (Fsp3) is 0.263. The van der Waals surface area contributed by atoms with Crippen LogP contribution in [0.15, 0.2) is 47.9 Å². The molecular weight excluding hydrogens is 365 g/mol. The number of nitrogens with zero attached hydrogens (tertiary/aromatic N) is 4. The summed E-state index contributed by atoms with van der Waals surface area (Å²) in [6, 6.07) is 8.88. The summed E-state index contributed by atoms with van der Waals surface area (Å²) in [6.45, 7) is 1.80. The van der Waals surface area contributed by atoms with Crippen LogP contribution in [0.4, 0.5) is 10.1 Å². The smallest absolute Gasteiger partial charge is 0.234 e. The molecule has 1 aromatic carbocycles. The largest absolute Gasteiger partial charge is 0.323 e. The van der Waals surface area contributed by atoms with Crippen LogP contribution >= 0.6 is 11.8 Å². The summed E-state index contributed by atoms with van der Waals surface area (Å²) in [6.07, 6.45) is 5.59. The average molecular weight is 383 g/mol. The maximum Gasteiger partial charge on any atom is 0.234 e. The van der Waals surface area contributed by atoms with E-state index in [9.17, 15) is 9.18 Å². The van der Waals surface area contributed by atoms with Gasteiger partial charge in [-0.1, -0.05) is 17.8 Å². The van der Waals surface area contributed by atoms with E-state index in [4.69, 9.17) is 0 Å². The lowest BCUT2D eigenvalue weighted by atomic mass is 10.2. The Labute approximate surface area is 160 Å². The molecule has 0 spiro atoms. The summed E-state index contributed by atoms with van der Waals surface area (Å²) >= 11 is 1.31. The quantitative estimate of drug-likeness (QED) is 0.655. The molecule has 2 heterocycles. The van der Waals surface area contributed by atoms with E-state index in [1.165, 1.54) is 17.8 Å². The second-order valence-electron chi connectivity index (χ2n) is 6.46. The van der Waals surface area contributed by atoms with Gasteiger partial charge in [-0.25, -0.2) is 4.39 Å². The fourth-order valence-corrected chi connectivity index (χ4v) is 3.58. The molecule has 1 aliphatic rings. The molecule has 1 saturated carbocycles. The standard InChI is InChI=1S/C19H18FN5OS/c1-12-2-5-16(15(20)10-12)22-17(26)11-27-19-24-23-18(25(19)14-3-4-14)13-6-8-21-9-7-13/h2,5-10,14H,3-4,11H2,1H3,(H,22,26). The zero-order valence-electron chi connectivity index (χ0n) is 14.7. The van der Waals surface area contributed by atoms with Crippen molar-refractivity contribution in [2.75, 3.05) is 11.1 Å². The Hall–Kier alpha value is -2.74. The Morgan fingerprint density at radius 1 is 1.26 bits per heavy atom. The number of anilines is 1. The lowest BCUT2D eigenvalue weighted by Crippen LogP contribution is -2.15. The molecule has 0 unspecified atom stereocenters. The van der Waals surface area contributed by atoms with Crippen LogP contribution in [-0.4, -0.2) is 31.4 Å². The van der Waals surface area contributed by atoms with Crippen LogP contribution < -0.4 is 5.32 Å². The molecule has 2 aromatic heterocycles. The molecule has 1 aliphatic carbocycles. The average Bonchev–Trinajstić information content (AvgIpc) is 3.42. The normalized spacial score (nSPS) is 13.6. The number of nitrogens with one attached hydrogen (secondary N) is 1. The lowest BCUT2D eigenvalue weighted by Gasteiger charge is -2.09. The molecular formula is C19H18FN5OS. The third-order valence-electron chi connectivity index (χ3n) is 4.25. The highest BCUT2D eigenvalue weighted by Crippen LogP contribution is 2.40. The molecule has 0 atom stereocenters. The van der Waals surface area contributed by atoms with E-state index in [0.29, 0.717) is 11.2 Å². The monoisotopic (exact) mass is 383 g/mol. The number of rotatable bonds is 6. The first-order chi connectivity index (χ1) is 13.1. The van der Waals surface area contributed by atoms with Gasteiger partial charge in [0.1, 0.15) is 5.82 Å². The van der Waals surface area contributed by atoms with Gasteiger partial charge in [0.05, 0.1) is 11.4 Å². The van der Waals surface area contributed by atoms with E-state index in [-0.39, 0.29) is 17.3 Å². The maximum atomic E-state index is 13.9. The van der Waals surface area contributed by atoms with Gasteiger partial charge in [-0.15, -0.1) is 10.2 Å². The van der Waals surface area contributed by atoms with Gasteiger partial charge in [-0.2, -0.15) is 0 Å². The first kappa shape index (κ1) is 17.7. The lowest BCUT2D eigenvalue weighted by molar-refractivity contribution is -0.113. The van der Waals surface area contributed by atoms with Crippen LogP contribution in [0, 0.1) is 12.7 Å². The van der Waals surface area contributed by atoms with Crippen molar-refractivity contribution in [1.29, 1.82) is 0 Å². The van der Waals surface area contributed by atoms with Gasteiger partial charge < -0.3 is 5.32 Å². The number of carbonyl (C=O) groups is 1. The van der Waals surface area contributed by atoms with E-state index >= 15 is 0 Å². The highest BCUT2D eigenvalue weighted by molar-refractivity contribution is 7.99. The van der Waals surface area contributed by atoms with Gasteiger partial charge in [-0.3, -0.25) is 14.3 Å². The van der Waals surface area contributed by atoms with E-state index in [0.717, 1.165) is 29.8 Å². The van der Waals surface area contributed by atoms with E-state index in [1.54, 1.807) is 31.5 Å². The zero-order valence-corrected chi connectivity index (χ0v) is 15.5. The van der Waals surface area contributed by atoms with Gasteiger partial charge in [0.2, 0.25) is 5.91 Å². The SMILES string of the molecule is Cc1ccc(NC(=O)CSc2nnc(-c3ccncc3)n2C2CC2)c(F)c1. The van der Waals surface area contributed by atoms with Crippen molar-refractivity contribution in [3.05, 3.63) is 54.1 Å². The number of carbonyl (C=O) groups excluding carboxylic acids is 1. The summed E-state index contributed by atoms with van der Waals surface area (Å²) in [5.74, 6) is 0.203.